The van der Waals surface area contributed by atoms with Crippen molar-refractivity contribution in [1.82, 2.24) is 0 Å². The molecule has 0 spiro atoms. The molecule has 0 N–H and O–H groups in total. The Morgan fingerprint density at radius 2 is 0.706 bits per heavy atom. The standard InChI is InChI=1S/C32H32N2/c1-33(2)29-19-15-27(16-20-29)32(28-17-21-30(22-18-28)34(3)4)24-23-31(25-11-7-5-8-12-25)26-13-9-6-10-14-26/h5-24H,1-4H3. The van der Waals surface area contributed by atoms with Crippen molar-refractivity contribution in [3.05, 3.63) is 144 Å². The van der Waals surface area contributed by atoms with Crippen LogP contribution in [0.2, 0.25) is 0 Å². The Kier molecular flexibility index (Phi) is 7.29. The number of benzene rings is 4. The van der Waals surface area contributed by atoms with E-state index in [0.717, 1.165) is 0 Å². The summed E-state index contributed by atoms with van der Waals surface area (Å²) >= 11 is 0. The fraction of sp³-hybridized carbons (Fsp3) is 0.125. The maximum atomic E-state index is 2.25. The lowest BCUT2D eigenvalue weighted by atomic mass is 9.93. The summed E-state index contributed by atoms with van der Waals surface area (Å²) in [4.78, 5) is 4.25. The van der Waals surface area contributed by atoms with Gasteiger partial charge in [-0.1, -0.05) is 97.1 Å². The van der Waals surface area contributed by atoms with E-state index in [-0.39, 0.29) is 0 Å². The van der Waals surface area contributed by atoms with Crippen LogP contribution in [0.5, 0.6) is 0 Å². The van der Waals surface area contributed by atoms with Gasteiger partial charge >= 0.3 is 0 Å². The molecule has 2 heteroatoms. The van der Waals surface area contributed by atoms with Gasteiger partial charge in [0.1, 0.15) is 0 Å². The van der Waals surface area contributed by atoms with Crippen LogP contribution in [-0.2, 0) is 0 Å². The third kappa shape index (κ3) is 5.47. The van der Waals surface area contributed by atoms with Crippen LogP contribution in [0.1, 0.15) is 22.3 Å². The molecule has 0 aromatic heterocycles. The molecular formula is C32H32N2. The molecule has 170 valence electrons. The average molecular weight is 445 g/mol. The van der Waals surface area contributed by atoms with Gasteiger partial charge in [0.05, 0.1) is 0 Å². The van der Waals surface area contributed by atoms with Gasteiger partial charge in [-0.3, -0.25) is 0 Å². The molecule has 0 atom stereocenters. The van der Waals surface area contributed by atoms with Gasteiger partial charge in [-0.25, -0.2) is 0 Å². The number of hydrogen-bond donors (Lipinski definition) is 0. The number of nitrogens with zero attached hydrogens (tertiary/aromatic N) is 2. The third-order valence-corrected chi connectivity index (χ3v) is 5.98. The lowest BCUT2D eigenvalue weighted by molar-refractivity contribution is 1.13. The van der Waals surface area contributed by atoms with Crippen LogP contribution in [0.15, 0.2) is 121 Å². The molecule has 0 bridgehead atoms. The molecule has 0 radical (unpaired) electrons. The minimum atomic E-state index is 1.19. The first-order valence-electron chi connectivity index (χ1n) is 11.6. The minimum Gasteiger partial charge on any atom is -0.378 e. The van der Waals surface area contributed by atoms with Gasteiger partial charge in [0, 0.05) is 39.6 Å². The second-order valence-electron chi connectivity index (χ2n) is 8.78. The first-order valence-corrected chi connectivity index (χ1v) is 11.6. The Morgan fingerprint density at radius 1 is 0.412 bits per heavy atom. The van der Waals surface area contributed by atoms with E-state index in [1.165, 1.54) is 44.8 Å². The van der Waals surface area contributed by atoms with Gasteiger partial charge in [0.2, 0.25) is 0 Å². The Bertz CT molecular complexity index is 1150. The predicted molar refractivity (Wildman–Crippen MR) is 149 cm³/mol. The highest BCUT2D eigenvalue weighted by Crippen LogP contribution is 2.29. The first kappa shape index (κ1) is 23.1. The monoisotopic (exact) mass is 444 g/mol. The maximum absolute atomic E-state index is 2.25. The molecule has 34 heavy (non-hydrogen) atoms. The van der Waals surface area contributed by atoms with Gasteiger partial charge in [0.25, 0.3) is 0 Å². The predicted octanol–water partition coefficient (Wildman–Crippen LogP) is 7.38. The summed E-state index contributed by atoms with van der Waals surface area (Å²) in [6.45, 7) is 0. The van der Waals surface area contributed by atoms with E-state index < -0.39 is 0 Å². The second kappa shape index (κ2) is 10.7. The molecule has 0 aliphatic heterocycles. The Labute approximate surface area is 204 Å². The van der Waals surface area contributed by atoms with E-state index in [0.29, 0.717) is 0 Å². The molecule has 0 heterocycles. The van der Waals surface area contributed by atoms with E-state index in [1.54, 1.807) is 0 Å². The van der Waals surface area contributed by atoms with Crippen molar-refractivity contribution in [2.24, 2.45) is 0 Å². The summed E-state index contributed by atoms with van der Waals surface area (Å²) in [6.07, 6.45) is 4.50. The highest BCUT2D eigenvalue weighted by Gasteiger charge is 2.08. The normalized spacial score (nSPS) is 10.4. The van der Waals surface area contributed by atoms with E-state index in [9.17, 15) is 0 Å². The van der Waals surface area contributed by atoms with Crippen molar-refractivity contribution in [2.45, 2.75) is 0 Å². The molecule has 0 unspecified atom stereocenters. The van der Waals surface area contributed by atoms with Crippen molar-refractivity contribution >= 4 is 22.5 Å². The zero-order valence-electron chi connectivity index (χ0n) is 20.4. The highest BCUT2D eigenvalue weighted by molar-refractivity contribution is 5.86. The third-order valence-electron chi connectivity index (χ3n) is 5.98. The molecule has 4 rings (SSSR count). The van der Waals surface area contributed by atoms with E-state index >= 15 is 0 Å². The van der Waals surface area contributed by atoms with Crippen molar-refractivity contribution in [1.29, 1.82) is 0 Å². The number of rotatable bonds is 7. The number of hydrogen-bond acceptors (Lipinski definition) is 2. The zero-order valence-corrected chi connectivity index (χ0v) is 20.4. The summed E-state index contributed by atoms with van der Waals surface area (Å²) in [6, 6.07) is 38.7. The van der Waals surface area contributed by atoms with Crippen LogP contribution in [0.3, 0.4) is 0 Å². The summed E-state index contributed by atoms with van der Waals surface area (Å²) < 4.78 is 0. The lowest BCUT2D eigenvalue weighted by Gasteiger charge is -2.16. The van der Waals surface area contributed by atoms with Crippen molar-refractivity contribution in [3.8, 4) is 0 Å². The van der Waals surface area contributed by atoms with E-state index in [1.807, 2.05) is 0 Å². The molecule has 4 aromatic rings. The van der Waals surface area contributed by atoms with Gasteiger partial charge in [-0.2, -0.15) is 0 Å². The summed E-state index contributed by atoms with van der Waals surface area (Å²) in [7, 11) is 8.28. The van der Waals surface area contributed by atoms with Crippen LogP contribution in [0, 0.1) is 0 Å². The summed E-state index contributed by atoms with van der Waals surface area (Å²) in [5.74, 6) is 0. The zero-order chi connectivity index (χ0) is 23.9. The minimum absolute atomic E-state index is 1.19. The quantitative estimate of drug-likeness (QED) is 0.274. The highest BCUT2D eigenvalue weighted by atomic mass is 15.1. The van der Waals surface area contributed by atoms with E-state index in [2.05, 4.69) is 159 Å². The molecular weight excluding hydrogens is 412 g/mol. The molecule has 0 aliphatic carbocycles. The van der Waals surface area contributed by atoms with Crippen molar-refractivity contribution in [3.63, 3.8) is 0 Å². The maximum Gasteiger partial charge on any atom is 0.0361 e. The fourth-order valence-corrected chi connectivity index (χ4v) is 4.00. The Hall–Kier alpha value is -4.04. The van der Waals surface area contributed by atoms with Gasteiger partial charge in [0.15, 0.2) is 0 Å². The SMILES string of the molecule is CN(C)c1ccc(C(=CC=C(c2ccccc2)c2ccccc2)c2ccc(N(C)C)cc2)cc1. The molecule has 4 aromatic carbocycles. The van der Waals surface area contributed by atoms with Crippen LogP contribution in [-0.4, -0.2) is 28.2 Å². The van der Waals surface area contributed by atoms with E-state index in [4.69, 9.17) is 0 Å². The Balaban J connectivity index is 1.85. The van der Waals surface area contributed by atoms with Crippen LogP contribution >= 0.6 is 0 Å². The molecule has 0 saturated carbocycles. The molecule has 0 fully saturated rings. The number of allylic oxidation sites excluding steroid dienone is 2. The smallest absolute Gasteiger partial charge is 0.0361 e. The van der Waals surface area contributed by atoms with Crippen LogP contribution in [0.25, 0.3) is 11.1 Å². The summed E-state index contributed by atoms with van der Waals surface area (Å²) in [5, 5.41) is 0. The number of anilines is 2. The van der Waals surface area contributed by atoms with Crippen molar-refractivity contribution < 1.29 is 0 Å². The van der Waals surface area contributed by atoms with Gasteiger partial charge < -0.3 is 9.80 Å². The molecule has 0 saturated heterocycles. The first-order chi connectivity index (χ1) is 16.5. The summed E-state index contributed by atoms with van der Waals surface area (Å²) in [5.41, 5.74) is 9.57. The van der Waals surface area contributed by atoms with Gasteiger partial charge in [-0.05, 0) is 57.7 Å². The topological polar surface area (TPSA) is 6.48 Å². The molecule has 0 amide bonds. The fourth-order valence-electron chi connectivity index (χ4n) is 4.00. The van der Waals surface area contributed by atoms with Crippen molar-refractivity contribution in [2.75, 3.05) is 38.0 Å². The largest absolute Gasteiger partial charge is 0.378 e. The van der Waals surface area contributed by atoms with Gasteiger partial charge in [-0.15, -0.1) is 0 Å². The second-order valence-corrected chi connectivity index (χ2v) is 8.78. The van der Waals surface area contributed by atoms with Crippen LogP contribution in [0.4, 0.5) is 11.4 Å². The molecule has 0 aliphatic rings. The van der Waals surface area contributed by atoms with Crippen LogP contribution < -0.4 is 9.80 Å². The Morgan fingerprint density at radius 3 is 1.00 bits per heavy atom. The average Bonchev–Trinajstić information content (AvgIpc) is 2.88. The molecule has 2 nitrogen and oxygen atoms in total. The lowest BCUT2D eigenvalue weighted by Crippen LogP contribution is -2.08.